The van der Waals surface area contributed by atoms with Crippen molar-refractivity contribution in [1.29, 1.82) is 0 Å². The molecule has 3 heterocycles. The maximum atomic E-state index is 14.4. The number of carbonyl (C=O) groups is 7. The maximum Gasteiger partial charge on any atom is 1.00 e. The van der Waals surface area contributed by atoms with E-state index in [1.54, 1.807) is 0 Å². The van der Waals surface area contributed by atoms with Crippen molar-refractivity contribution < 1.29 is 116 Å². The van der Waals surface area contributed by atoms with Crippen LogP contribution in [0.5, 0.6) is 11.5 Å². The van der Waals surface area contributed by atoms with Gasteiger partial charge in [0.25, 0.3) is 10.4 Å². The number of nitrogens with zero attached hydrogens (tertiary/aromatic N) is 2. The monoisotopic (exact) mass is 940 g/mol. The van der Waals surface area contributed by atoms with E-state index in [1.165, 1.54) is 14.0 Å². The Labute approximate surface area is 388 Å². The zero-order valence-electron chi connectivity index (χ0n) is 35.2. The number of aliphatic hydroxyl groups is 6. The third-order valence-corrected chi connectivity index (χ3v) is 11.2. The third-order valence-electron chi connectivity index (χ3n) is 10.8. The molecule has 0 saturated carbocycles. The predicted molar refractivity (Wildman–Crippen MR) is 209 cm³/mol. The number of benzene rings is 1. The molecule has 14 N–H and O–H groups in total. The number of aromatic hydroxyl groups is 1. The summed E-state index contributed by atoms with van der Waals surface area (Å²) in [7, 11) is -4.24. The molecular formula is C36H53N8NaO18S. The van der Waals surface area contributed by atoms with E-state index in [2.05, 4.69) is 30.8 Å². The van der Waals surface area contributed by atoms with Gasteiger partial charge in [0.2, 0.25) is 41.4 Å². The minimum Gasteiger partial charge on any atom is -0.716 e. The molecule has 1 aromatic carbocycles. The van der Waals surface area contributed by atoms with Crippen LogP contribution >= 0.6 is 0 Å². The molecule has 64 heavy (non-hydrogen) atoms. The summed E-state index contributed by atoms with van der Waals surface area (Å²) in [6, 6.07) is -8.42. The van der Waals surface area contributed by atoms with Gasteiger partial charge in [0, 0.05) is 45.4 Å². The van der Waals surface area contributed by atoms with E-state index in [0.29, 0.717) is 0 Å². The van der Waals surface area contributed by atoms with Crippen LogP contribution in [0.1, 0.15) is 38.7 Å². The Morgan fingerprint density at radius 1 is 0.891 bits per heavy atom. The number of fused-ring (bicyclic) bond motifs is 2. The number of nitrogens with one attached hydrogen (secondary N) is 5. The van der Waals surface area contributed by atoms with Crippen LogP contribution in [-0.4, -0.2) is 199 Å². The van der Waals surface area contributed by atoms with Crippen LogP contribution in [0.2, 0.25) is 0 Å². The SMILES string of the molecule is CNC(=O)C[C@@H](O)[C@@H]1NC(=O)[C@H]([C@H](O)Cc2ccc(O)c(OS(=O)(=O)[O-])c2)NC(=O)[C@@H]2C[C@@H](O)CN2C(=O)C([C@@H](C)O)NC(=O)[C@@H](N)C[C@@H](O)CNC(=O)[C@@H]2[C@@H](O)[C@@H](C)CN2C1=O.[Na+]. The van der Waals surface area contributed by atoms with E-state index >= 15 is 0 Å². The average molecular weight is 941 g/mol. The Morgan fingerprint density at radius 3 is 2.11 bits per heavy atom. The first-order valence-electron chi connectivity index (χ1n) is 19.6. The Balaban J connectivity index is 0.0000109. The number of carbonyl (C=O) groups excluding carboxylic acids is 7. The van der Waals surface area contributed by atoms with Gasteiger partial charge < -0.3 is 86.6 Å². The van der Waals surface area contributed by atoms with E-state index in [1.807, 2.05) is 0 Å². The number of phenols is 1. The van der Waals surface area contributed by atoms with Gasteiger partial charge in [0.1, 0.15) is 30.2 Å². The zero-order valence-corrected chi connectivity index (χ0v) is 38.0. The van der Waals surface area contributed by atoms with E-state index in [-0.39, 0.29) is 41.7 Å². The molecule has 3 aliphatic heterocycles. The van der Waals surface area contributed by atoms with Gasteiger partial charge in [0.15, 0.2) is 11.5 Å². The summed E-state index contributed by atoms with van der Waals surface area (Å²) in [6.07, 6.45) is -13.0. The first kappa shape index (κ1) is 54.1. The van der Waals surface area contributed by atoms with E-state index in [0.717, 1.165) is 34.9 Å². The minimum absolute atomic E-state index is 0. The molecule has 3 saturated heterocycles. The Morgan fingerprint density at radius 2 is 1.50 bits per heavy atom. The average Bonchev–Trinajstić information content (AvgIpc) is 3.74. The van der Waals surface area contributed by atoms with Crippen molar-refractivity contribution in [1.82, 2.24) is 36.4 Å². The normalized spacial score (nSPS) is 30.5. The van der Waals surface area contributed by atoms with Gasteiger partial charge in [-0.05, 0) is 31.0 Å². The molecule has 0 aliphatic carbocycles. The largest absolute Gasteiger partial charge is 1.00 e. The van der Waals surface area contributed by atoms with Crippen molar-refractivity contribution in [3.8, 4) is 11.5 Å². The van der Waals surface area contributed by atoms with E-state index in [9.17, 15) is 82.3 Å². The number of β-amino-alcohol motifs (C(OH)–C–C–N with tert-alkyl or cyclic N) is 1. The van der Waals surface area contributed by atoms with Crippen molar-refractivity contribution in [3.05, 3.63) is 23.8 Å². The molecule has 4 rings (SSSR count). The molecule has 0 aromatic heterocycles. The Hall–Kier alpha value is -4.26. The molecule has 0 bridgehead atoms. The molecule has 26 nitrogen and oxygen atoms in total. The van der Waals surface area contributed by atoms with Gasteiger partial charge >= 0.3 is 29.6 Å². The standard InChI is InChI=1S/C36H54N8O18S.Na/c1-14-12-44-29(30(14)52)34(56)39-11-17(46)8-19(37)31(53)40-26(15(2)45)35(57)43-13-18(47)9-20(43)32(54)41-27(33(55)42-28(36(44)58)23(50)10-25(51)38-3)22(49)6-16-4-5-21(48)24(7-16)62-63(59,60)61;/h4-5,7,14-15,17-20,22-23,26-30,45-50,52H,6,8-13,37H2,1-3H3,(H,38,51)(H,39,56)(H,40,53)(H,41,54)(H,42,55)(H,59,60,61);/q;+1/p-1/t14-,15+,17+,18+,19-,20-,22+,23+,26?,27-,28-,29-,30-;/m0./s1. The number of nitrogens with two attached hydrogens (primary N) is 1. The Bertz CT molecular complexity index is 2020. The summed E-state index contributed by atoms with van der Waals surface area (Å²) in [5.41, 5.74) is 5.86. The fraction of sp³-hybridized carbons (Fsp3) is 0.639. The summed E-state index contributed by atoms with van der Waals surface area (Å²) in [4.78, 5) is 97.5. The molecule has 1 aromatic rings. The number of hydrogen-bond acceptors (Lipinski definition) is 19. The molecule has 0 radical (unpaired) electrons. The van der Waals surface area contributed by atoms with Gasteiger partial charge in [0.05, 0.1) is 49.1 Å². The summed E-state index contributed by atoms with van der Waals surface area (Å²) in [6.45, 7) is 1.06. The smallest absolute Gasteiger partial charge is 0.716 e. The third kappa shape index (κ3) is 13.6. The van der Waals surface area contributed by atoms with Crippen molar-refractivity contribution in [2.45, 2.75) is 112 Å². The molecular weight excluding hydrogens is 887 g/mol. The molecule has 28 heteroatoms. The minimum atomic E-state index is -5.44. The fourth-order valence-electron chi connectivity index (χ4n) is 7.45. The van der Waals surface area contributed by atoms with Crippen molar-refractivity contribution >= 4 is 51.7 Å². The molecule has 1 unspecified atom stereocenters. The van der Waals surface area contributed by atoms with Crippen molar-refractivity contribution in [2.24, 2.45) is 11.7 Å². The molecule has 3 aliphatic rings. The number of rotatable bonds is 9. The van der Waals surface area contributed by atoms with E-state index < -0.39 is 181 Å². The van der Waals surface area contributed by atoms with Crippen LogP contribution in [0.25, 0.3) is 0 Å². The second-order valence-corrected chi connectivity index (χ2v) is 16.7. The first-order valence-corrected chi connectivity index (χ1v) is 21.0. The van der Waals surface area contributed by atoms with Crippen molar-refractivity contribution in [2.75, 3.05) is 26.7 Å². The molecule has 3 fully saturated rings. The maximum absolute atomic E-state index is 14.4. The van der Waals surface area contributed by atoms with E-state index in [4.69, 9.17) is 5.73 Å². The summed E-state index contributed by atoms with van der Waals surface area (Å²) in [5.74, 6) is -10.5. The van der Waals surface area contributed by atoms with Crippen LogP contribution in [-0.2, 0) is 50.4 Å². The van der Waals surface area contributed by atoms with Crippen molar-refractivity contribution in [3.63, 3.8) is 0 Å². The molecule has 352 valence electrons. The number of amides is 7. The number of hydrogen-bond donors (Lipinski definition) is 13. The molecule has 0 spiro atoms. The second-order valence-electron chi connectivity index (χ2n) is 15.7. The van der Waals surface area contributed by atoms with Gasteiger partial charge in [-0.15, -0.1) is 0 Å². The topological polar surface area (TPSA) is 420 Å². The van der Waals surface area contributed by atoms with Crippen LogP contribution < -0.4 is 66.1 Å². The zero-order chi connectivity index (χ0) is 47.2. The molecule has 13 atom stereocenters. The molecule has 7 amide bonds. The summed E-state index contributed by atoms with van der Waals surface area (Å²) < 4.78 is 38.1. The first-order chi connectivity index (χ1) is 29.3. The second kappa shape index (κ2) is 22.8. The summed E-state index contributed by atoms with van der Waals surface area (Å²) >= 11 is 0. The predicted octanol–water partition coefficient (Wildman–Crippen LogP) is -11.2. The van der Waals surface area contributed by atoms with Gasteiger partial charge in [-0.2, -0.15) is 0 Å². The fourth-order valence-corrected chi connectivity index (χ4v) is 7.81. The van der Waals surface area contributed by atoms with Crippen LogP contribution in [0.15, 0.2) is 18.2 Å². The quantitative estimate of drug-likeness (QED) is 0.0621. The van der Waals surface area contributed by atoms with Crippen LogP contribution in [0.3, 0.4) is 0 Å². The van der Waals surface area contributed by atoms with Gasteiger partial charge in [-0.3, -0.25) is 33.6 Å². The Kier molecular flexibility index (Phi) is 19.2. The van der Waals surface area contributed by atoms with Crippen LogP contribution in [0.4, 0.5) is 0 Å². The van der Waals surface area contributed by atoms with Gasteiger partial charge in [-0.1, -0.05) is 13.0 Å². The number of aliphatic hydroxyl groups excluding tert-OH is 6. The van der Waals surface area contributed by atoms with Gasteiger partial charge in [-0.25, -0.2) is 8.42 Å². The number of phenolic OH excluding ortho intramolecular Hbond substituents is 1. The van der Waals surface area contributed by atoms with Crippen LogP contribution in [0, 0.1) is 5.92 Å². The summed E-state index contributed by atoms with van der Waals surface area (Å²) in [5, 5.41) is 87.2.